The predicted molar refractivity (Wildman–Crippen MR) is 131 cm³/mol. The van der Waals surface area contributed by atoms with Crippen molar-refractivity contribution in [3.05, 3.63) is 58.5 Å². The number of furan rings is 1. The van der Waals surface area contributed by atoms with E-state index in [9.17, 15) is 10.1 Å². The Hall–Kier alpha value is -5.43. The second-order valence-electron chi connectivity index (χ2n) is 7.59. The van der Waals surface area contributed by atoms with Crippen molar-refractivity contribution < 1.29 is 23.4 Å². The summed E-state index contributed by atoms with van der Waals surface area (Å²) in [5, 5.41) is 23.9. The lowest BCUT2D eigenvalue weighted by atomic mass is 9.95. The van der Waals surface area contributed by atoms with Crippen molar-refractivity contribution in [2.24, 2.45) is 4.99 Å². The number of nitrogen functional groups attached to an aromatic ring is 2. The number of nitrogens with zero attached hydrogens (tertiary/aromatic N) is 4. The molecular formula is C24H22N8O5. The normalized spacial score (nSPS) is 13.7. The minimum absolute atomic E-state index is 0.0304. The van der Waals surface area contributed by atoms with Crippen LogP contribution in [0, 0.1) is 22.8 Å². The molecule has 13 heteroatoms. The molecule has 37 heavy (non-hydrogen) atoms. The summed E-state index contributed by atoms with van der Waals surface area (Å²) in [5.74, 6) is 1.07. The van der Waals surface area contributed by atoms with Gasteiger partial charge in [-0.15, -0.1) is 0 Å². The van der Waals surface area contributed by atoms with Gasteiger partial charge in [-0.25, -0.2) is 14.8 Å². The van der Waals surface area contributed by atoms with Crippen LogP contribution in [0.15, 0.2) is 39.7 Å². The minimum Gasteiger partial charge on any atom is -0.490 e. The van der Waals surface area contributed by atoms with Crippen LogP contribution in [-0.4, -0.2) is 30.6 Å². The molecular weight excluding hydrogens is 480 g/mol. The summed E-state index contributed by atoms with van der Waals surface area (Å²) in [6.45, 7) is 2.20. The number of hydrogen-bond donors (Lipinski definition) is 4. The average molecular weight is 502 g/mol. The number of anilines is 3. The molecule has 1 unspecified atom stereocenters. The molecule has 0 aliphatic carbocycles. The summed E-state index contributed by atoms with van der Waals surface area (Å²) in [6.07, 6.45) is 1.81. The standard InChI is InChI=1S/C24H22N8O5/c1-3-35-17-8-12(4-6-15(17)36-10-13-5-7-16(37-13)23(33)34-2)20-18-19(27)14(9-25)21(28)31-22(18)32-24(30-20)29-11-26/h4-8,20H,3,10H2,1-2H3,(H6,27,28,29,30,31,32). The third-order valence-corrected chi connectivity index (χ3v) is 5.36. The van der Waals surface area contributed by atoms with E-state index in [1.54, 1.807) is 24.3 Å². The van der Waals surface area contributed by atoms with Crippen LogP contribution in [0.1, 0.15) is 46.0 Å². The monoisotopic (exact) mass is 502 g/mol. The van der Waals surface area contributed by atoms with Crippen LogP contribution in [0.5, 0.6) is 11.5 Å². The quantitative estimate of drug-likeness (QED) is 0.209. The fourth-order valence-electron chi connectivity index (χ4n) is 3.72. The molecule has 188 valence electrons. The first-order chi connectivity index (χ1) is 17.9. The van der Waals surface area contributed by atoms with E-state index < -0.39 is 12.0 Å². The molecule has 0 fully saturated rings. The van der Waals surface area contributed by atoms with Crippen LogP contribution in [0.2, 0.25) is 0 Å². The number of methoxy groups -OCH3 is 1. The highest BCUT2D eigenvalue weighted by atomic mass is 16.5. The first kappa shape index (κ1) is 24.7. The number of nitrogens with two attached hydrogens (primary N) is 2. The minimum atomic E-state index is -0.742. The lowest BCUT2D eigenvalue weighted by molar-refractivity contribution is 0.0561. The first-order valence-corrected chi connectivity index (χ1v) is 11.0. The molecule has 6 N–H and O–H groups in total. The molecule has 0 spiro atoms. The molecule has 0 saturated carbocycles. The maximum absolute atomic E-state index is 11.6. The summed E-state index contributed by atoms with van der Waals surface area (Å²) < 4.78 is 21.8. The van der Waals surface area contributed by atoms with Gasteiger partial charge in [0.05, 0.1) is 19.4 Å². The number of nitriles is 2. The van der Waals surface area contributed by atoms with E-state index in [1.165, 1.54) is 13.2 Å². The number of nitrogens with one attached hydrogen (secondary N) is 2. The smallest absolute Gasteiger partial charge is 0.373 e. The number of guanidine groups is 1. The van der Waals surface area contributed by atoms with Gasteiger partial charge in [0.1, 0.15) is 41.7 Å². The zero-order chi connectivity index (χ0) is 26.5. The number of fused-ring (bicyclic) bond motifs is 1. The molecule has 1 aromatic carbocycles. The first-order valence-electron chi connectivity index (χ1n) is 11.0. The number of pyridine rings is 1. The van der Waals surface area contributed by atoms with Crippen LogP contribution in [0.3, 0.4) is 0 Å². The van der Waals surface area contributed by atoms with Gasteiger partial charge in [-0.3, -0.25) is 5.32 Å². The molecule has 0 amide bonds. The molecule has 0 radical (unpaired) electrons. The van der Waals surface area contributed by atoms with Crippen LogP contribution < -0.4 is 31.6 Å². The average Bonchev–Trinajstić information content (AvgIpc) is 3.36. The molecule has 2 aromatic heterocycles. The van der Waals surface area contributed by atoms with Crippen molar-refractivity contribution in [1.82, 2.24) is 10.3 Å². The van der Waals surface area contributed by atoms with Gasteiger partial charge in [-0.2, -0.15) is 10.5 Å². The number of ether oxygens (including phenoxy) is 3. The van der Waals surface area contributed by atoms with E-state index in [0.717, 1.165) is 0 Å². The zero-order valence-electron chi connectivity index (χ0n) is 19.9. The number of esters is 1. The molecule has 1 aliphatic rings. The largest absolute Gasteiger partial charge is 0.490 e. The van der Waals surface area contributed by atoms with Gasteiger partial charge in [0.15, 0.2) is 17.7 Å². The predicted octanol–water partition coefficient (Wildman–Crippen LogP) is 2.42. The summed E-state index contributed by atoms with van der Waals surface area (Å²) in [6, 6.07) is 9.48. The van der Waals surface area contributed by atoms with Crippen molar-refractivity contribution in [3.8, 4) is 23.8 Å². The van der Waals surface area contributed by atoms with Gasteiger partial charge in [0, 0.05) is 5.56 Å². The van der Waals surface area contributed by atoms with E-state index >= 15 is 0 Å². The third-order valence-electron chi connectivity index (χ3n) is 5.36. The Kier molecular flexibility index (Phi) is 6.97. The molecule has 13 nitrogen and oxygen atoms in total. The lowest BCUT2D eigenvalue weighted by Crippen LogP contribution is -2.32. The Balaban J connectivity index is 1.70. The lowest BCUT2D eigenvalue weighted by Gasteiger charge is -2.26. The van der Waals surface area contributed by atoms with Crippen molar-refractivity contribution in [3.63, 3.8) is 0 Å². The summed E-state index contributed by atoms with van der Waals surface area (Å²) >= 11 is 0. The van der Waals surface area contributed by atoms with E-state index in [0.29, 0.717) is 35.0 Å². The Bertz CT molecular complexity index is 1470. The Morgan fingerprint density at radius 3 is 2.73 bits per heavy atom. The number of carbonyl (C=O) groups excluding carboxylic acids is 1. The molecule has 1 atom stereocenters. The SMILES string of the molecule is CCOc1cc(C2N=C(NC#N)Nc3nc(N)c(C#N)c(N)c32)ccc1OCc1ccc(C(=O)OC)o1. The fourth-order valence-corrected chi connectivity index (χ4v) is 3.72. The summed E-state index contributed by atoms with van der Waals surface area (Å²) in [4.78, 5) is 20.4. The van der Waals surface area contributed by atoms with Gasteiger partial charge in [-0.1, -0.05) is 6.07 Å². The fraction of sp³-hybridized carbons (Fsp3) is 0.208. The van der Waals surface area contributed by atoms with Gasteiger partial charge in [-0.05, 0) is 36.8 Å². The second kappa shape index (κ2) is 10.5. The Morgan fingerprint density at radius 1 is 1.22 bits per heavy atom. The third kappa shape index (κ3) is 4.87. The van der Waals surface area contributed by atoms with Crippen LogP contribution >= 0.6 is 0 Å². The topological polar surface area (TPSA) is 207 Å². The number of rotatable bonds is 7. The van der Waals surface area contributed by atoms with Gasteiger partial charge in [0.25, 0.3) is 0 Å². The molecule has 4 rings (SSSR count). The van der Waals surface area contributed by atoms with Crippen molar-refractivity contribution in [2.75, 3.05) is 30.5 Å². The molecule has 0 saturated heterocycles. The van der Waals surface area contributed by atoms with Crippen LogP contribution in [0.25, 0.3) is 0 Å². The van der Waals surface area contributed by atoms with Crippen molar-refractivity contribution in [2.45, 2.75) is 19.6 Å². The highest BCUT2D eigenvalue weighted by Gasteiger charge is 2.30. The maximum atomic E-state index is 11.6. The highest BCUT2D eigenvalue weighted by Crippen LogP contribution is 2.42. The number of hydrogen-bond acceptors (Lipinski definition) is 13. The Morgan fingerprint density at radius 2 is 2.03 bits per heavy atom. The van der Waals surface area contributed by atoms with E-state index in [2.05, 4.69) is 25.3 Å². The Labute approximate surface area is 211 Å². The maximum Gasteiger partial charge on any atom is 0.373 e. The van der Waals surface area contributed by atoms with Crippen LogP contribution in [-0.2, 0) is 11.3 Å². The number of benzene rings is 1. The number of aliphatic imine (C=N–C) groups is 1. The molecule has 3 heterocycles. The highest BCUT2D eigenvalue weighted by molar-refractivity contribution is 5.98. The van der Waals surface area contributed by atoms with Crippen molar-refractivity contribution in [1.29, 1.82) is 10.5 Å². The van der Waals surface area contributed by atoms with E-state index in [4.69, 9.17) is 30.6 Å². The van der Waals surface area contributed by atoms with E-state index in [-0.39, 0.29) is 41.2 Å². The summed E-state index contributed by atoms with van der Waals surface area (Å²) in [7, 11) is 1.26. The molecule has 3 aromatic rings. The summed E-state index contributed by atoms with van der Waals surface area (Å²) in [5.41, 5.74) is 13.4. The zero-order valence-corrected chi connectivity index (χ0v) is 19.9. The van der Waals surface area contributed by atoms with Gasteiger partial charge >= 0.3 is 5.97 Å². The molecule has 1 aliphatic heterocycles. The van der Waals surface area contributed by atoms with Gasteiger partial charge < -0.3 is 35.4 Å². The van der Waals surface area contributed by atoms with Gasteiger partial charge in [0.2, 0.25) is 11.7 Å². The van der Waals surface area contributed by atoms with Crippen LogP contribution in [0.4, 0.5) is 17.3 Å². The number of carbonyl (C=O) groups is 1. The molecule has 0 bridgehead atoms. The number of aromatic nitrogens is 1. The second-order valence-corrected chi connectivity index (χ2v) is 7.59. The van der Waals surface area contributed by atoms with E-state index in [1.807, 2.05) is 19.2 Å². The van der Waals surface area contributed by atoms with Crippen molar-refractivity contribution >= 4 is 29.3 Å².